The number of rotatable bonds is 4. The third-order valence-electron chi connectivity index (χ3n) is 3.13. The summed E-state index contributed by atoms with van der Waals surface area (Å²) in [6, 6.07) is 12.6. The van der Waals surface area contributed by atoms with Crippen molar-refractivity contribution in [3.8, 4) is 5.75 Å². The molecule has 0 fully saturated rings. The standard InChI is InChI=1S/C16H19N3O2/c1-11-3-4-12(10-17)9-15(11)19-16(20)18-13-5-7-14(21-2)8-6-13/h3-9H,10,17H2,1-2H3,(H2,18,19,20). The van der Waals surface area contributed by atoms with Crippen molar-refractivity contribution < 1.29 is 9.53 Å². The molecule has 5 heteroatoms. The summed E-state index contributed by atoms with van der Waals surface area (Å²) in [5.74, 6) is 0.743. The van der Waals surface area contributed by atoms with Crippen molar-refractivity contribution in [1.29, 1.82) is 0 Å². The Kier molecular flexibility index (Phi) is 4.79. The second-order valence-electron chi connectivity index (χ2n) is 4.66. The van der Waals surface area contributed by atoms with Gasteiger partial charge in [-0.05, 0) is 48.4 Å². The maximum absolute atomic E-state index is 12.0. The first kappa shape index (κ1) is 14.9. The number of benzene rings is 2. The van der Waals surface area contributed by atoms with E-state index in [1.165, 1.54) is 0 Å². The first-order chi connectivity index (χ1) is 10.1. The molecule has 0 aliphatic carbocycles. The van der Waals surface area contributed by atoms with Gasteiger partial charge in [0.1, 0.15) is 5.75 Å². The maximum atomic E-state index is 12.0. The molecule has 0 saturated carbocycles. The summed E-state index contributed by atoms with van der Waals surface area (Å²) in [5.41, 5.74) is 9.02. The molecular weight excluding hydrogens is 266 g/mol. The van der Waals surface area contributed by atoms with Crippen molar-refractivity contribution in [3.63, 3.8) is 0 Å². The third-order valence-corrected chi connectivity index (χ3v) is 3.13. The molecule has 0 heterocycles. The fraction of sp³-hybridized carbons (Fsp3) is 0.188. The van der Waals surface area contributed by atoms with E-state index in [1.807, 2.05) is 25.1 Å². The average Bonchev–Trinajstić information content (AvgIpc) is 2.50. The number of nitrogens with one attached hydrogen (secondary N) is 2. The van der Waals surface area contributed by atoms with Gasteiger partial charge in [0.15, 0.2) is 0 Å². The molecule has 0 bridgehead atoms. The van der Waals surface area contributed by atoms with Gasteiger partial charge in [0.05, 0.1) is 7.11 Å². The van der Waals surface area contributed by atoms with E-state index < -0.39 is 0 Å². The quantitative estimate of drug-likeness (QED) is 0.808. The Morgan fingerprint density at radius 2 is 1.86 bits per heavy atom. The number of methoxy groups -OCH3 is 1. The minimum Gasteiger partial charge on any atom is -0.497 e. The van der Waals surface area contributed by atoms with E-state index in [1.54, 1.807) is 31.4 Å². The molecule has 0 aliphatic rings. The molecule has 0 radical (unpaired) electrons. The number of ether oxygens (including phenoxy) is 1. The summed E-state index contributed by atoms with van der Waals surface area (Å²) >= 11 is 0. The molecule has 0 unspecified atom stereocenters. The summed E-state index contributed by atoms with van der Waals surface area (Å²) in [6.45, 7) is 2.37. The normalized spacial score (nSPS) is 10.0. The predicted octanol–water partition coefficient (Wildman–Crippen LogP) is 3.11. The Labute approximate surface area is 124 Å². The van der Waals surface area contributed by atoms with Crippen LogP contribution in [0.1, 0.15) is 11.1 Å². The molecule has 5 nitrogen and oxygen atoms in total. The van der Waals surface area contributed by atoms with Crippen LogP contribution in [0.4, 0.5) is 16.2 Å². The van der Waals surface area contributed by atoms with Crippen molar-refractivity contribution in [2.75, 3.05) is 17.7 Å². The first-order valence-electron chi connectivity index (χ1n) is 6.64. The Hall–Kier alpha value is -2.53. The zero-order chi connectivity index (χ0) is 15.2. The Morgan fingerprint density at radius 1 is 1.14 bits per heavy atom. The number of carbonyl (C=O) groups is 1. The lowest BCUT2D eigenvalue weighted by molar-refractivity contribution is 0.262. The number of carbonyl (C=O) groups excluding carboxylic acids is 1. The van der Waals surface area contributed by atoms with Crippen LogP contribution >= 0.6 is 0 Å². The van der Waals surface area contributed by atoms with Crippen LogP contribution in [0.25, 0.3) is 0 Å². The van der Waals surface area contributed by atoms with Crippen LogP contribution < -0.4 is 21.1 Å². The molecule has 2 rings (SSSR count). The van der Waals surface area contributed by atoms with Gasteiger partial charge in [0, 0.05) is 17.9 Å². The Balaban J connectivity index is 2.04. The third kappa shape index (κ3) is 3.97. The summed E-state index contributed by atoms with van der Waals surface area (Å²) in [7, 11) is 1.60. The number of anilines is 2. The lowest BCUT2D eigenvalue weighted by Gasteiger charge is -2.11. The predicted molar refractivity (Wildman–Crippen MR) is 84.7 cm³/mol. The van der Waals surface area contributed by atoms with Crippen LogP contribution in [0.3, 0.4) is 0 Å². The molecule has 2 aromatic carbocycles. The van der Waals surface area contributed by atoms with Crippen LogP contribution in [0.2, 0.25) is 0 Å². The highest BCUT2D eigenvalue weighted by Crippen LogP contribution is 2.18. The van der Waals surface area contributed by atoms with E-state index in [-0.39, 0.29) is 6.03 Å². The second kappa shape index (κ2) is 6.76. The van der Waals surface area contributed by atoms with Crippen LogP contribution in [0, 0.1) is 6.92 Å². The summed E-state index contributed by atoms with van der Waals surface area (Å²) < 4.78 is 5.07. The zero-order valence-corrected chi connectivity index (χ0v) is 12.1. The summed E-state index contributed by atoms with van der Waals surface area (Å²) in [6.07, 6.45) is 0. The molecule has 2 amide bonds. The number of hydrogen-bond donors (Lipinski definition) is 3. The largest absolute Gasteiger partial charge is 0.497 e. The molecule has 2 aromatic rings. The molecule has 21 heavy (non-hydrogen) atoms. The monoisotopic (exact) mass is 285 g/mol. The molecule has 0 aliphatic heterocycles. The van der Waals surface area contributed by atoms with E-state index in [0.29, 0.717) is 12.2 Å². The fourth-order valence-corrected chi connectivity index (χ4v) is 1.89. The number of amides is 2. The molecule has 0 spiro atoms. The molecule has 110 valence electrons. The smallest absolute Gasteiger partial charge is 0.323 e. The number of aryl methyl sites for hydroxylation is 1. The van der Waals surface area contributed by atoms with Gasteiger partial charge in [0.2, 0.25) is 0 Å². The van der Waals surface area contributed by atoms with Gasteiger partial charge in [-0.15, -0.1) is 0 Å². The van der Waals surface area contributed by atoms with Gasteiger partial charge < -0.3 is 21.1 Å². The van der Waals surface area contributed by atoms with Gasteiger partial charge in [-0.3, -0.25) is 0 Å². The van der Waals surface area contributed by atoms with Crippen molar-refractivity contribution in [3.05, 3.63) is 53.6 Å². The van der Waals surface area contributed by atoms with Crippen LogP contribution in [0.15, 0.2) is 42.5 Å². The van der Waals surface area contributed by atoms with Crippen LogP contribution in [0.5, 0.6) is 5.75 Å². The summed E-state index contributed by atoms with van der Waals surface area (Å²) in [4.78, 5) is 12.0. The van der Waals surface area contributed by atoms with Crippen molar-refractivity contribution >= 4 is 17.4 Å². The minimum atomic E-state index is -0.294. The van der Waals surface area contributed by atoms with Gasteiger partial charge in [-0.2, -0.15) is 0 Å². The molecule has 0 aromatic heterocycles. The SMILES string of the molecule is COc1ccc(NC(=O)Nc2cc(CN)ccc2C)cc1. The van der Waals surface area contributed by atoms with Crippen LogP contribution in [-0.2, 0) is 6.54 Å². The fourth-order valence-electron chi connectivity index (χ4n) is 1.89. The van der Waals surface area contributed by atoms with E-state index in [4.69, 9.17) is 10.5 Å². The van der Waals surface area contributed by atoms with E-state index in [0.717, 1.165) is 22.6 Å². The van der Waals surface area contributed by atoms with Gasteiger partial charge >= 0.3 is 6.03 Å². The number of hydrogen-bond acceptors (Lipinski definition) is 3. The Morgan fingerprint density at radius 3 is 2.48 bits per heavy atom. The highest BCUT2D eigenvalue weighted by Gasteiger charge is 2.06. The van der Waals surface area contributed by atoms with E-state index in [2.05, 4.69) is 10.6 Å². The summed E-state index contributed by atoms with van der Waals surface area (Å²) in [5, 5.41) is 5.59. The van der Waals surface area contributed by atoms with Crippen molar-refractivity contribution in [2.24, 2.45) is 5.73 Å². The van der Waals surface area contributed by atoms with Crippen molar-refractivity contribution in [1.82, 2.24) is 0 Å². The molecule has 4 N–H and O–H groups in total. The van der Waals surface area contributed by atoms with Gasteiger partial charge in [-0.1, -0.05) is 12.1 Å². The number of nitrogens with two attached hydrogens (primary N) is 1. The van der Waals surface area contributed by atoms with Crippen LogP contribution in [-0.4, -0.2) is 13.1 Å². The van der Waals surface area contributed by atoms with Gasteiger partial charge in [-0.25, -0.2) is 4.79 Å². The molecule has 0 saturated heterocycles. The average molecular weight is 285 g/mol. The highest BCUT2D eigenvalue weighted by atomic mass is 16.5. The molecule has 0 atom stereocenters. The second-order valence-corrected chi connectivity index (χ2v) is 4.66. The van der Waals surface area contributed by atoms with Crippen molar-refractivity contribution in [2.45, 2.75) is 13.5 Å². The maximum Gasteiger partial charge on any atom is 0.323 e. The number of urea groups is 1. The Bertz CT molecular complexity index is 624. The van der Waals surface area contributed by atoms with E-state index in [9.17, 15) is 4.79 Å². The molecular formula is C16H19N3O2. The lowest BCUT2D eigenvalue weighted by Crippen LogP contribution is -2.20. The zero-order valence-electron chi connectivity index (χ0n) is 12.1. The topological polar surface area (TPSA) is 76.4 Å². The van der Waals surface area contributed by atoms with E-state index >= 15 is 0 Å². The first-order valence-corrected chi connectivity index (χ1v) is 6.64. The van der Waals surface area contributed by atoms with Gasteiger partial charge in [0.25, 0.3) is 0 Å². The minimum absolute atomic E-state index is 0.294. The highest BCUT2D eigenvalue weighted by molar-refractivity contribution is 6.00. The lowest BCUT2D eigenvalue weighted by atomic mass is 10.1.